The highest BCUT2D eigenvalue weighted by Crippen LogP contribution is 2.50. The van der Waals surface area contributed by atoms with Gasteiger partial charge in [-0.05, 0) is 19.8 Å². The average molecular weight is 390 g/mol. The summed E-state index contributed by atoms with van der Waals surface area (Å²) < 4.78 is 10.5. The van der Waals surface area contributed by atoms with Crippen molar-refractivity contribution in [1.29, 1.82) is 0 Å². The quantitative estimate of drug-likeness (QED) is 0.778. The first-order chi connectivity index (χ1) is 13.4. The topological polar surface area (TPSA) is 88.8 Å². The van der Waals surface area contributed by atoms with Gasteiger partial charge in [-0.25, -0.2) is 0 Å². The fraction of sp³-hybridized carbons (Fsp3) is 0.800. The number of nitrogens with zero attached hydrogens (tertiary/aromatic N) is 4. The molecule has 1 aromatic heterocycles. The Morgan fingerprint density at radius 3 is 2.46 bits per heavy atom. The fourth-order valence-electron chi connectivity index (χ4n) is 5.27. The molecule has 2 saturated heterocycles. The van der Waals surface area contributed by atoms with E-state index >= 15 is 0 Å². The third-order valence-electron chi connectivity index (χ3n) is 6.88. The van der Waals surface area contributed by atoms with E-state index in [2.05, 4.69) is 17.1 Å². The first-order valence-corrected chi connectivity index (χ1v) is 10.2. The Hall–Kier alpha value is -1.96. The van der Waals surface area contributed by atoms with Gasteiger partial charge in [-0.2, -0.15) is 4.98 Å². The summed E-state index contributed by atoms with van der Waals surface area (Å²) in [7, 11) is 1.53. The van der Waals surface area contributed by atoms with E-state index in [1.165, 1.54) is 13.5 Å². The molecule has 3 heterocycles. The van der Waals surface area contributed by atoms with Crippen LogP contribution in [0, 0.1) is 17.8 Å². The molecule has 3 aliphatic rings. The van der Waals surface area contributed by atoms with Gasteiger partial charge in [-0.3, -0.25) is 9.59 Å². The lowest BCUT2D eigenvalue weighted by atomic mass is 9.68. The van der Waals surface area contributed by atoms with Crippen molar-refractivity contribution in [2.75, 3.05) is 39.9 Å². The lowest BCUT2D eigenvalue weighted by Gasteiger charge is -2.52. The highest BCUT2D eigenvalue weighted by atomic mass is 16.5. The highest BCUT2D eigenvalue weighted by Gasteiger charge is 2.59. The lowest BCUT2D eigenvalue weighted by molar-refractivity contribution is -0.156. The van der Waals surface area contributed by atoms with Crippen molar-refractivity contribution in [2.24, 2.45) is 10.8 Å². The number of hydrogen-bond acceptors (Lipinski definition) is 6. The number of hydrogen-bond donors (Lipinski definition) is 0. The van der Waals surface area contributed by atoms with Crippen LogP contribution in [0.25, 0.3) is 0 Å². The second-order valence-corrected chi connectivity index (χ2v) is 9.08. The molecule has 1 atom stereocenters. The van der Waals surface area contributed by atoms with Crippen molar-refractivity contribution >= 4 is 11.8 Å². The van der Waals surface area contributed by atoms with E-state index in [0.717, 1.165) is 25.7 Å². The van der Waals surface area contributed by atoms with Crippen molar-refractivity contribution in [1.82, 2.24) is 19.9 Å². The largest absolute Gasteiger partial charge is 0.375 e. The molecule has 0 aromatic carbocycles. The Morgan fingerprint density at radius 2 is 1.86 bits per heavy atom. The smallest absolute Gasteiger partial charge is 0.248 e. The molecule has 1 spiro atoms. The van der Waals surface area contributed by atoms with Crippen LogP contribution in [0.3, 0.4) is 0 Å². The zero-order valence-electron chi connectivity index (χ0n) is 17.1. The predicted molar refractivity (Wildman–Crippen MR) is 100 cm³/mol. The van der Waals surface area contributed by atoms with Crippen molar-refractivity contribution < 1.29 is 18.8 Å². The first-order valence-electron chi connectivity index (χ1n) is 10.2. The summed E-state index contributed by atoms with van der Waals surface area (Å²) in [6, 6.07) is 0. The molecule has 1 saturated carbocycles. The number of carbonyl (C=O) groups is 2. The van der Waals surface area contributed by atoms with Gasteiger partial charge in [0.1, 0.15) is 6.61 Å². The normalized spacial score (nSPS) is 25.8. The highest BCUT2D eigenvalue weighted by molar-refractivity contribution is 5.84. The molecule has 0 N–H and O–H groups in total. The zero-order chi connectivity index (χ0) is 19.9. The van der Waals surface area contributed by atoms with Crippen molar-refractivity contribution in [2.45, 2.75) is 51.9 Å². The third-order valence-corrected chi connectivity index (χ3v) is 6.88. The molecule has 1 aromatic rings. The summed E-state index contributed by atoms with van der Waals surface area (Å²) in [6.07, 6.45) is 5.43. The van der Waals surface area contributed by atoms with E-state index in [0.29, 0.717) is 37.9 Å². The second kappa shape index (κ2) is 7.13. The number of rotatable bonds is 4. The molecule has 8 heteroatoms. The zero-order valence-corrected chi connectivity index (χ0v) is 17.1. The summed E-state index contributed by atoms with van der Waals surface area (Å²) in [5.41, 5.74) is -0.441. The number of ether oxygens (including phenoxy) is 1. The Balaban J connectivity index is 1.51. The molecule has 3 fully saturated rings. The molecule has 1 unspecified atom stereocenters. The number of likely N-dealkylation sites (tertiary alicyclic amines) is 2. The molecule has 8 nitrogen and oxygen atoms in total. The van der Waals surface area contributed by atoms with Gasteiger partial charge in [-0.15, -0.1) is 0 Å². The molecule has 2 amide bonds. The van der Waals surface area contributed by atoms with Gasteiger partial charge in [-0.1, -0.05) is 31.3 Å². The van der Waals surface area contributed by atoms with Crippen LogP contribution in [0.15, 0.2) is 4.52 Å². The number of carbonyl (C=O) groups excluding carboxylic acids is 2. The van der Waals surface area contributed by atoms with Gasteiger partial charge >= 0.3 is 0 Å². The minimum Gasteiger partial charge on any atom is -0.375 e. The minimum absolute atomic E-state index is 0.0374. The summed E-state index contributed by atoms with van der Waals surface area (Å²) in [6.45, 7) is 6.39. The van der Waals surface area contributed by atoms with Crippen LogP contribution in [0.1, 0.15) is 56.7 Å². The van der Waals surface area contributed by atoms with Crippen LogP contribution in [-0.4, -0.2) is 71.7 Å². The van der Waals surface area contributed by atoms with Crippen LogP contribution < -0.4 is 0 Å². The maximum Gasteiger partial charge on any atom is 0.248 e. The van der Waals surface area contributed by atoms with Crippen molar-refractivity contribution in [3.8, 4) is 0 Å². The maximum absolute atomic E-state index is 13.2. The number of amides is 2. The van der Waals surface area contributed by atoms with E-state index in [4.69, 9.17) is 9.26 Å². The number of aryl methyl sites for hydroxylation is 1. The van der Waals surface area contributed by atoms with Crippen molar-refractivity contribution in [3.05, 3.63) is 11.7 Å². The van der Waals surface area contributed by atoms with Crippen LogP contribution in [0.2, 0.25) is 0 Å². The average Bonchev–Trinajstić information content (AvgIpc) is 3.24. The van der Waals surface area contributed by atoms with Gasteiger partial charge in [0.15, 0.2) is 5.82 Å². The molecular weight excluding hydrogens is 360 g/mol. The number of methoxy groups -OCH3 is 1. The van der Waals surface area contributed by atoms with Gasteiger partial charge in [0.25, 0.3) is 0 Å². The third kappa shape index (κ3) is 3.21. The van der Waals surface area contributed by atoms with E-state index < -0.39 is 0 Å². The van der Waals surface area contributed by atoms with Crippen LogP contribution in [-0.2, 0) is 14.3 Å². The molecule has 0 radical (unpaired) electrons. The molecule has 28 heavy (non-hydrogen) atoms. The van der Waals surface area contributed by atoms with E-state index in [9.17, 15) is 9.59 Å². The molecule has 0 bridgehead atoms. The molecule has 4 rings (SSSR count). The summed E-state index contributed by atoms with van der Waals surface area (Å²) >= 11 is 0. The van der Waals surface area contributed by atoms with E-state index in [-0.39, 0.29) is 35.2 Å². The summed E-state index contributed by atoms with van der Waals surface area (Å²) in [4.78, 5) is 33.8. The van der Waals surface area contributed by atoms with E-state index in [1.54, 1.807) is 6.92 Å². The Kier molecular flexibility index (Phi) is 4.93. The SMILES string of the molecule is COCC(=O)N1CC(c2nc(C)no2)C2(C1)CN(C(=O)C1(C)CCCCC1)C2. The molecule has 154 valence electrons. The van der Waals surface area contributed by atoms with Crippen molar-refractivity contribution in [3.63, 3.8) is 0 Å². The van der Waals surface area contributed by atoms with Crippen LogP contribution >= 0.6 is 0 Å². The Labute approximate surface area is 165 Å². The standard InChI is InChI=1S/C20H30N4O4/c1-14-21-17(28-22-14)15-9-23(16(25)10-27-3)11-20(15)12-24(13-20)18(26)19(2)7-5-4-6-8-19/h15H,4-13H2,1-3H3. The predicted octanol–water partition coefficient (Wildman–Crippen LogP) is 1.75. The molecule has 2 aliphatic heterocycles. The summed E-state index contributed by atoms with van der Waals surface area (Å²) in [5, 5.41) is 3.94. The van der Waals surface area contributed by atoms with Crippen LogP contribution in [0.5, 0.6) is 0 Å². The van der Waals surface area contributed by atoms with Crippen LogP contribution in [0.4, 0.5) is 0 Å². The molecule has 1 aliphatic carbocycles. The van der Waals surface area contributed by atoms with Gasteiger partial charge in [0, 0.05) is 44.1 Å². The summed E-state index contributed by atoms with van der Waals surface area (Å²) in [5.74, 6) is 1.34. The Morgan fingerprint density at radius 1 is 1.18 bits per heavy atom. The first kappa shape index (κ1) is 19.4. The minimum atomic E-state index is -0.236. The van der Waals surface area contributed by atoms with Gasteiger partial charge in [0.05, 0.1) is 5.92 Å². The molecular formula is C20H30N4O4. The lowest BCUT2D eigenvalue weighted by Crippen LogP contribution is -2.64. The van der Waals surface area contributed by atoms with Gasteiger partial charge in [0.2, 0.25) is 17.7 Å². The monoisotopic (exact) mass is 390 g/mol. The second-order valence-electron chi connectivity index (χ2n) is 9.08. The Bertz CT molecular complexity index is 749. The fourth-order valence-corrected chi connectivity index (χ4v) is 5.27. The van der Waals surface area contributed by atoms with E-state index in [1.807, 2.05) is 9.80 Å². The van der Waals surface area contributed by atoms with Gasteiger partial charge < -0.3 is 19.1 Å². The maximum atomic E-state index is 13.2. The number of aromatic nitrogens is 2.